The molecule has 2 aromatic heterocycles. The second-order valence-corrected chi connectivity index (χ2v) is 14.4. The van der Waals surface area contributed by atoms with E-state index in [0.717, 1.165) is 44.4 Å². The Morgan fingerprint density at radius 3 is 2.62 bits per heavy atom. The lowest BCUT2D eigenvalue weighted by molar-refractivity contribution is 0.498. The topological polar surface area (TPSA) is 71.0 Å². The highest BCUT2D eigenvalue weighted by atomic mass is 35.5. The van der Waals surface area contributed by atoms with E-state index in [2.05, 4.69) is 47.7 Å². The Hall–Kier alpha value is -3.19. The van der Waals surface area contributed by atoms with E-state index in [4.69, 9.17) is 16.6 Å². The summed E-state index contributed by atoms with van der Waals surface area (Å²) >= 11 is 6.63. The first-order valence-corrected chi connectivity index (χ1v) is 15.3. The van der Waals surface area contributed by atoms with Crippen LogP contribution < -0.4 is 5.44 Å². The Balaban J connectivity index is 1.88. The largest absolute Gasteiger partial charge is 0.339 e. The van der Waals surface area contributed by atoms with E-state index in [1.54, 1.807) is 13.3 Å². The van der Waals surface area contributed by atoms with Gasteiger partial charge in [0, 0.05) is 63.5 Å². The lowest BCUT2D eigenvalue weighted by Crippen LogP contribution is -2.23. The Bertz CT molecular complexity index is 1670. The van der Waals surface area contributed by atoms with Crippen molar-refractivity contribution in [2.45, 2.75) is 45.7 Å². The van der Waals surface area contributed by atoms with Crippen LogP contribution in [0.4, 0.5) is 0 Å². The smallest absolute Gasteiger partial charge is 0.127 e. The van der Waals surface area contributed by atoms with Gasteiger partial charge in [0.05, 0.1) is 12.6 Å². The molecule has 0 fully saturated rings. The highest BCUT2D eigenvalue weighted by Crippen LogP contribution is 2.45. The van der Waals surface area contributed by atoms with Crippen molar-refractivity contribution in [2.24, 2.45) is 4.99 Å². The number of nitrogens with zero attached hydrogens (tertiary/aromatic N) is 4. The summed E-state index contributed by atoms with van der Waals surface area (Å²) in [4.78, 5) is 9.19. The number of benzene rings is 2. The minimum absolute atomic E-state index is 0.351. The van der Waals surface area contributed by atoms with Gasteiger partial charge in [0.15, 0.2) is 0 Å². The molecule has 0 spiro atoms. The van der Waals surface area contributed by atoms with Crippen LogP contribution in [-0.4, -0.2) is 29.1 Å². The normalized spacial score (nSPS) is 13.2. The third kappa shape index (κ3) is 4.54. The van der Waals surface area contributed by atoms with Crippen molar-refractivity contribution in [3.8, 4) is 17.2 Å². The van der Waals surface area contributed by atoms with Gasteiger partial charge in [-0.1, -0.05) is 43.6 Å². The number of hydrogen-bond donors (Lipinski definition) is 0. The number of nitriles is 1. The number of halogens is 1. The molecule has 0 saturated heterocycles. The van der Waals surface area contributed by atoms with E-state index in [1.807, 2.05) is 43.6 Å². The molecule has 1 aliphatic heterocycles. The number of aryl methyl sites for hydroxylation is 1. The van der Waals surface area contributed by atoms with Crippen molar-refractivity contribution in [1.29, 1.82) is 5.26 Å². The van der Waals surface area contributed by atoms with Gasteiger partial charge in [0.25, 0.3) is 0 Å². The fourth-order valence-corrected chi connectivity index (χ4v) is 6.91. The lowest BCUT2D eigenvalue weighted by Gasteiger charge is -2.27. The van der Waals surface area contributed by atoms with Gasteiger partial charge >= 0.3 is 0 Å². The van der Waals surface area contributed by atoms with Gasteiger partial charge in [-0.05, 0) is 66.8 Å². The quantitative estimate of drug-likeness (QED) is 0.251. The summed E-state index contributed by atoms with van der Waals surface area (Å²) in [7, 11) is -2.52. The van der Waals surface area contributed by atoms with Crippen molar-refractivity contribution >= 4 is 41.3 Å². The molecule has 5 nitrogen and oxygen atoms in total. The van der Waals surface area contributed by atoms with Crippen LogP contribution >= 0.6 is 18.7 Å². The number of hydrogen-bond acceptors (Lipinski definition) is 4. The number of pyridine rings is 1. The van der Waals surface area contributed by atoms with Gasteiger partial charge in [-0.15, -0.1) is 0 Å². The van der Waals surface area contributed by atoms with Gasteiger partial charge in [0.1, 0.15) is 12.6 Å². The maximum absolute atomic E-state index is 12.8. The molecule has 188 valence electrons. The number of aliphatic imine (C=N–C) groups is 1. The van der Waals surface area contributed by atoms with Gasteiger partial charge < -0.3 is 9.13 Å². The van der Waals surface area contributed by atoms with Crippen molar-refractivity contribution in [1.82, 2.24) is 9.55 Å². The minimum atomic E-state index is -2.52. The van der Waals surface area contributed by atoms with E-state index in [1.165, 1.54) is 5.56 Å². The fourth-order valence-electron chi connectivity index (χ4n) is 5.46. The average Bonchev–Trinajstić information content (AvgIpc) is 3.40. The van der Waals surface area contributed by atoms with Gasteiger partial charge in [0.2, 0.25) is 0 Å². The van der Waals surface area contributed by atoms with Crippen LogP contribution in [0.5, 0.6) is 0 Å². The van der Waals surface area contributed by atoms with Gasteiger partial charge in [-0.3, -0.25) is 9.98 Å². The van der Waals surface area contributed by atoms with E-state index >= 15 is 0 Å². The molecule has 1 aliphatic rings. The first-order chi connectivity index (χ1) is 17.5. The number of rotatable bonds is 6. The molecule has 3 heterocycles. The number of fused-ring (bicyclic) bond motifs is 2. The molecule has 4 aromatic rings. The zero-order chi connectivity index (χ0) is 26.5. The monoisotopic (exact) mass is 528 g/mol. The molecule has 0 N–H and O–H groups in total. The summed E-state index contributed by atoms with van der Waals surface area (Å²) in [5.74, 6) is 0. The molecule has 0 unspecified atom stereocenters. The van der Waals surface area contributed by atoms with Gasteiger partial charge in [-0.2, -0.15) is 5.26 Å². The molecule has 0 saturated carbocycles. The summed E-state index contributed by atoms with van der Waals surface area (Å²) < 4.78 is 15.2. The average molecular weight is 529 g/mol. The molecule has 7 heteroatoms. The fraction of sp³-hybridized carbons (Fsp3) is 0.300. The van der Waals surface area contributed by atoms with E-state index in [-0.39, 0.29) is 0 Å². The summed E-state index contributed by atoms with van der Waals surface area (Å²) in [5.41, 5.74) is 8.56. The molecule has 0 atom stereocenters. The van der Waals surface area contributed by atoms with Crippen molar-refractivity contribution in [3.63, 3.8) is 0 Å². The molecular weight excluding hydrogens is 499 g/mol. The highest BCUT2D eigenvalue weighted by molar-refractivity contribution is 7.70. The summed E-state index contributed by atoms with van der Waals surface area (Å²) in [5, 5.41) is 11.6. The molecule has 37 heavy (non-hydrogen) atoms. The Morgan fingerprint density at radius 1 is 1.19 bits per heavy atom. The highest BCUT2D eigenvalue weighted by Gasteiger charge is 2.32. The van der Waals surface area contributed by atoms with E-state index in [0.29, 0.717) is 30.0 Å². The molecule has 0 aliphatic carbocycles. The third-order valence-corrected chi connectivity index (χ3v) is 8.97. The third-order valence-electron chi connectivity index (χ3n) is 7.11. The SMILES string of the molecule is Cc1cc(-c2c(C(C)(C)CC#N)n(Cc3ccccc3Cl)c3cc4c(cc23)CN=C4)cnc1P(C)(C)=O. The Kier molecular flexibility index (Phi) is 6.39. The van der Waals surface area contributed by atoms with Crippen molar-refractivity contribution < 1.29 is 4.57 Å². The van der Waals surface area contributed by atoms with Crippen molar-refractivity contribution in [3.05, 3.63) is 81.6 Å². The maximum Gasteiger partial charge on any atom is 0.127 e. The predicted octanol–water partition coefficient (Wildman–Crippen LogP) is 7.09. The van der Waals surface area contributed by atoms with Crippen LogP contribution in [0, 0.1) is 18.3 Å². The molecule has 2 aromatic carbocycles. The molecule has 0 amide bonds. The Morgan fingerprint density at radius 2 is 1.95 bits per heavy atom. The van der Waals surface area contributed by atoms with Crippen LogP contribution in [0.3, 0.4) is 0 Å². The van der Waals surface area contributed by atoms with E-state index in [9.17, 15) is 9.83 Å². The standard InChI is InChI=1S/C30H30ClN4OP/c1-19-12-23(17-34-29(19)37(4,5)36)27-24-13-21-15-33-16-22(21)14-26(24)35(28(27)30(2,3)10-11-32)18-20-8-6-7-9-25(20)31/h6-9,12-14,16-17H,10,15,18H2,1-5H3. The summed E-state index contributed by atoms with van der Waals surface area (Å²) in [6.07, 6.45) is 4.12. The Labute approximate surface area is 223 Å². The molecular formula is C30H30ClN4OP. The lowest BCUT2D eigenvalue weighted by atomic mass is 9.82. The minimum Gasteiger partial charge on any atom is -0.339 e. The van der Waals surface area contributed by atoms with Crippen LogP contribution in [0.1, 0.15) is 48.2 Å². The zero-order valence-electron chi connectivity index (χ0n) is 21.8. The van der Waals surface area contributed by atoms with Crippen LogP contribution in [-0.2, 0) is 23.1 Å². The van der Waals surface area contributed by atoms with Gasteiger partial charge in [-0.25, -0.2) is 0 Å². The van der Waals surface area contributed by atoms with Crippen LogP contribution in [0.25, 0.3) is 22.0 Å². The molecule has 0 bridgehead atoms. The first kappa shape index (κ1) is 25.5. The number of aromatic nitrogens is 2. The second-order valence-electron chi connectivity index (χ2n) is 10.9. The first-order valence-electron chi connectivity index (χ1n) is 12.3. The molecule has 0 radical (unpaired) electrons. The summed E-state index contributed by atoms with van der Waals surface area (Å²) in [6.45, 7) is 10.9. The molecule has 5 rings (SSSR count). The zero-order valence-corrected chi connectivity index (χ0v) is 23.5. The second kappa shape index (κ2) is 9.28. The maximum atomic E-state index is 12.8. The van der Waals surface area contributed by atoms with Crippen molar-refractivity contribution in [2.75, 3.05) is 13.3 Å². The van der Waals surface area contributed by atoms with Crippen LogP contribution in [0.15, 0.2) is 53.7 Å². The van der Waals surface area contributed by atoms with Crippen LogP contribution in [0.2, 0.25) is 5.02 Å². The van der Waals surface area contributed by atoms with E-state index < -0.39 is 12.6 Å². The predicted molar refractivity (Wildman–Crippen MR) is 154 cm³/mol. The summed E-state index contributed by atoms with van der Waals surface area (Å²) in [6, 6.07) is 16.8.